The predicted octanol–water partition coefficient (Wildman–Crippen LogP) is 1.38. The molecular formula is C15H21NO5. The van der Waals surface area contributed by atoms with Crippen molar-refractivity contribution in [3.8, 4) is 11.5 Å². The third kappa shape index (κ3) is 3.86. The van der Waals surface area contributed by atoms with Crippen LogP contribution in [0.4, 0.5) is 0 Å². The summed E-state index contributed by atoms with van der Waals surface area (Å²) in [6.07, 6.45) is 2.14. The minimum Gasteiger partial charge on any atom is -0.504 e. The molecule has 1 aliphatic heterocycles. The second-order valence-corrected chi connectivity index (χ2v) is 4.93. The third-order valence-electron chi connectivity index (χ3n) is 3.55. The van der Waals surface area contributed by atoms with Gasteiger partial charge in [-0.25, -0.2) is 4.79 Å². The topological polar surface area (TPSA) is 77.0 Å². The van der Waals surface area contributed by atoms with Gasteiger partial charge in [-0.1, -0.05) is 6.07 Å². The second kappa shape index (κ2) is 7.28. The summed E-state index contributed by atoms with van der Waals surface area (Å²) in [6, 6.07) is 4.20. The highest BCUT2D eigenvalue weighted by atomic mass is 16.5. The lowest BCUT2D eigenvalue weighted by atomic mass is 10.1. The number of ether oxygens (including phenoxy) is 3. The van der Waals surface area contributed by atoms with Crippen LogP contribution in [0, 0.1) is 0 Å². The van der Waals surface area contributed by atoms with Crippen LogP contribution in [0.25, 0.3) is 0 Å². The molecule has 6 heteroatoms. The molecule has 0 aromatic heterocycles. The zero-order valence-corrected chi connectivity index (χ0v) is 12.3. The number of rotatable bonds is 6. The largest absolute Gasteiger partial charge is 0.504 e. The number of nitrogens with one attached hydrogen (secondary N) is 1. The minimum absolute atomic E-state index is 0.0113. The molecule has 21 heavy (non-hydrogen) atoms. The van der Waals surface area contributed by atoms with E-state index in [4.69, 9.17) is 14.2 Å². The van der Waals surface area contributed by atoms with Crippen LogP contribution in [-0.2, 0) is 14.3 Å². The molecule has 116 valence electrons. The van der Waals surface area contributed by atoms with Crippen LogP contribution in [0.2, 0.25) is 0 Å². The van der Waals surface area contributed by atoms with Crippen molar-refractivity contribution in [1.29, 1.82) is 0 Å². The van der Waals surface area contributed by atoms with Crippen molar-refractivity contribution in [2.75, 3.05) is 27.4 Å². The molecule has 0 aliphatic carbocycles. The summed E-state index contributed by atoms with van der Waals surface area (Å²) in [7, 11) is 2.81. The molecule has 0 saturated carbocycles. The van der Waals surface area contributed by atoms with E-state index in [0.717, 1.165) is 19.4 Å². The first-order valence-electron chi connectivity index (χ1n) is 6.95. The first-order valence-corrected chi connectivity index (χ1v) is 6.95. The standard InChI is InChI=1S/C15H21NO5/c1-19-13-6-5-10(8-12(13)17)14(15(18)20-2)16-9-11-4-3-7-21-11/h5-6,8,11,14,16-17H,3-4,7,9H2,1-2H3. The van der Waals surface area contributed by atoms with Gasteiger partial charge in [0.25, 0.3) is 0 Å². The molecule has 1 aromatic carbocycles. The van der Waals surface area contributed by atoms with Gasteiger partial charge in [-0.05, 0) is 30.5 Å². The van der Waals surface area contributed by atoms with Crippen molar-refractivity contribution in [2.24, 2.45) is 0 Å². The van der Waals surface area contributed by atoms with Crippen molar-refractivity contribution in [3.05, 3.63) is 23.8 Å². The summed E-state index contributed by atoms with van der Waals surface area (Å²) in [5.41, 5.74) is 0.623. The Labute approximate surface area is 124 Å². The minimum atomic E-state index is -0.643. The van der Waals surface area contributed by atoms with Gasteiger partial charge in [0.15, 0.2) is 11.5 Å². The second-order valence-electron chi connectivity index (χ2n) is 4.93. The SMILES string of the molecule is COC(=O)C(NCC1CCCO1)c1ccc(OC)c(O)c1. The van der Waals surface area contributed by atoms with Crippen LogP contribution in [0.3, 0.4) is 0 Å². The number of phenolic OH excluding ortho intramolecular Hbond substituents is 1. The highest BCUT2D eigenvalue weighted by Crippen LogP contribution is 2.29. The van der Waals surface area contributed by atoms with Gasteiger partial charge in [-0.2, -0.15) is 0 Å². The highest BCUT2D eigenvalue weighted by Gasteiger charge is 2.24. The molecule has 2 atom stereocenters. The van der Waals surface area contributed by atoms with Gasteiger partial charge in [0, 0.05) is 13.2 Å². The van der Waals surface area contributed by atoms with E-state index in [-0.39, 0.29) is 11.9 Å². The number of hydrogen-bond donors (Lipinski definition) is 2. The molecule has 1 fully saturated rings. The number of methoxy groups -OCH3 is 2. The van der Waals surface area contributed by atoms with Crippen molar-refractivity contribution in [2.45, 2.75) is 25.0 Å². The van der Waals surface area contributed by atoms with Gasteiger partial charge in [0.05, 0.1) is 20.3 Å². The zero-order chi connectivity index (χ0) is 15.2. The Balaban J connectivity index is 2.10. The van der Waals surface area contributed by atoms with E-state index in [9.17, 15) is 9.90 Å². The number of carbonyl (C=O) groups excluding carboxylic acids is 1. The highest BCUT2D eigenvalue weighted by molar-refractivity contribution is 5.77. The Bertz CT molecular complexity index is 485. The van der Waals surface area contributed by atoms with E-state index in [1.807, 2.05) is 0 Å². The van der Waals surface area contributed by atoms with Crippen LogP contribution in [-0.4, -0.2) is 44.6 Å². The molecule has 2 N–H and O–H groups in total. The van der Waals surface area contributed by atoms with Gasteiger partial charge in [-0.15, -0.1) is 0 Å². The van der Waals surface area contributed by atoms with Gasteiger partial charge in [0.2, 0.25) is 0 Å². The number of carbonyl (C=O) groups is 1. The molecule has 1 saturated heterocycles. The van der Waals surface area contributed by atoms with Crippen LogP contribution in [0.5, 0.6) is 11.5 Å². The summed E-state index contributed by atoms with van der Waals surface area (Å²) in [6.45, 7) is 1.32. The van der Waals surface area contributed by atoms with Gasteiger partial charge in [0.1, 0.15) is 6.04 Å². The fourth-order valence-corrected chi connectivity index (χ4v) is 2.40. The summed E-state index contributed by atoms with van der Waals surface area (Å²) < 4.78 is 15.4. The van der Waals surface area contributed by atoms with Gasteiger partial charge >= 0.3 is 5.97 Å². The van der Waals surface area contributed by atoms with E-state index in [2.05, 4.69) is 5.32 Å². The summed E-state index contributed by atoms with van der Waals surface area (Å²) in [4.78, 5) is 11.9. The quantitative estimate of drug-likeness (QED) is 0.772. The van der Waals surface area contributed by atoms with E-state index >= 15 is 0 Å². The molecule has 6 nitrogen and oxygen atoms in total. The molecule has 0 spiro atoms. The van der Waals surface area contributed by atoms with Crippen molar-refractivity contribution in [1.82, 2.24) is 5.32 Å². The fourth-order valence-electron chi connectivity index (χ4n) is 2.40. The third-order valence-corrected chi connectivity index (χ3v) is 3.55. The normalized spacial score (nSPS) is 19.2. The predicted molar refractivity (Wildman–Crippen MR) is 76.4 cm³/mol. The smallest absolute Gasteiger partial charge is 0.327 e. The van der Waals surface area contributed by atoms with E-state index in [1.54, 1.807) is 12.1 Å². The molecular weight excluding hydrogens is 274 g/mol. The first kappa shape index (κ1) is 15.6. The maximum atomic E-state index is 11.9. The van der Waals surface area contributed by atoms with E-state index < -0.39 is 12.0 Å². The molecule has 1 aliphatic rings. The Hall–Kier alpha value is -1.79. The number of esters is 1. The first-order chi connectivity index (χ1) is 10.2. The van der Waals surface area contributed by atoms with Gasteiger partial charge < -0.3 is 19.3 Å². The number of aromatic hydroxyl groups is 1. The van der Waals surface area contributed by atoms with Crippen molar-refractivity contribution >= 4 is 5.97 Å². The molecule has 0 radical (unpaired) electrons. The molecule has 2 rings (SSSR count). The number of phenols is 1. The number of benzene rings is 1. The summed E-state index contributed by atoms with van der Waals surface area (Å²) in [5.74, 6) is -0.0538. The van der Waals surface area contributed by atoms with E-state index in [0.29, 0.717) is 17.9 Å². The molecule has 0 amide bonds. The van der Waals surface area contributed by atoms with Crippen LogP contribution < -0.4 is 10.1 Å². The van der Waals surface area contributed by atoms with Crippen molar-refractivity contribution < 1.29 is 24.1 Å². The summed E-state index contributed by atoms with van der Waals surface area (Å²) in [5, 5.41) is 13.0. The van der Waals surface area contributed by atoms with Gasteiger partial charge in [-0.3, -0.25) is 5.32 Å². The molecule has 1 heterocycles. The maximum absolute atomic E-state index is 11.9. The molecule has 1 aromatic rings. The van der Waals surface area contributed by atoms with Crippen LogP contribution in [0.15, 0.2) is 18.2 Å². The number of hydrogen-bond acceptors (Lipinski definition) is 6. The average Bonchev–Trinajstić information content (AvgIpc) is 3.00. The average molecular weight is 295 g/mol. The Morgan fingerprint density at radius 1 is 1.52 bits per heavy atom. The lowest BCUT2D eigenvalue weighted by Gasteiger charge is -2.19. The molecule has 0 bridgehead atoms. The Kier molecular flexibility index (Phi) is 5.41. The molecule has 2 unspecified atom stereocenters. The maximum Gasteiger partial charge on any atom is 0.327 e. The Morgan fingerprint density at radius 3 is 2.90 bits per heavy atom. The lowest BCUT2D eigenvalue weighted by Crippen LogP contribution is -2.35. The van der Waals surface area contributed by atoms with Crippen LogP contribution >= 0.6 is 0 Å². The Morgan fingerprint density at radius 2 is 2.33 bits per heavy atom. The van der Waals surface area contributed by atoms with E-state index in [1.165, 1.54) is 20.3 Å². The summed E-state index contributed by atoms with van der Waals surface area (Å²) >= 11 is 0. The lowest BCUT2D eigenvalue weighted by molar-refractivity contribution is -0.143. The monoisotopic (exact) mass is 295 g/mol. The van der Waals surface area contributed by atoms with Crippen molar-refractivity contribution in [3.63, 3.8) is 0 Å². The fraction of sp³-hybridized carbons (Fsp3) is 0.533. The zero-order valence-electron chi connectivity index (χ0n) is 12.3. The van der Waals surface area contributed by atoms with Crippen LogP contribution in [0.1, 0.15) is 24.4 Å².